The predicted octanol–water partition coefficient (Wildman–Crippen LogP) is 7.21. The fourth-order valence-electron chi connectivity index (χ4n) is 6.77. The summed E-state index contributed by atoms with van der Waals surface area (Å²) in [4.78, 5) is 2.70. The van der Waals surface area contributed by atoms with Crippen molar-refractivity contribution in [3.05, 3.63) is 137 Å². The van der Waals surface area contributed by atoms with Crippen LogP contribution < -0.4 is 4.90 Å². The Hall–Kier alpha value is -3.78. The molecular formula is C32H28N2. The van der Waals surface area contributed by atoms with Gasteiger partial charge in [0.15, 0.2) is 0 Å². The Labute approximate surface area is 201 Å². The fraction of sp³-hybridized carbons (Fsp3) is 0.188. The van der Waals surface area contributed by atoms with Crippen molar-refractivity contribution in [1.82, 2.24) is 4.57 Å². The highest BCUT2D eigenvalue weighted by Crippen LogP contribution is 2.57. The molecule has 2 heteroatoms. The molecule has 0 N–H and O–H groups in total. The highest BCUT2D eigenvalue weighted by atomic mass is 15.2. The maximum absolute atomic E-state index is 2.70. The Morgan fingerprint density at radius 3 is 2.12 bits per heavy atom. The number of rotatable bonds is 2. The van der Waals surface area contributed by atoms with Crippen LogP contribution in [0.5, 0.6) is 0 Å². The van der Waals surface area contributed by atoms with Crippen LogP contribution in [-0.2, 0) is 13.5 Å². The van der Waals surface area contributed by atoms with Crippen molar-refractivity contribution in [2.24, 2.45) is 7.05 Å². The van der Waals surface area contributed by atoms with Crippen molar-refractivity contribution in [1.29, 1.82) is 0 Å². The van der Waals surface area contributed by atoms with Gasteiger partial charge in [0, 0.05) is 47.7 Å². The summed E-state index contributed by atoms with van der Waals surface area (Å²) >= 11 is 0. The second kappa shape index (κ2) is 7.63. The van der Waals surface area contributed by atoms with Crippen LogP contribution in [0.25, 0.3) is 10.9 Å². The van der Waals surface area contributed by atoms with Crippen LogP contribution >= 0.6 is 0 Å². The SMILES string of the molecule is Cn1c2c(c3ccccc31)CCN1c3ccccc3[C@@H](c3ccccc3)[C@H](c3ccccc3)[C@@H]21. The van der Waals surface area contributed by atoms with Gasteiger partial charge in [-0.3, -0.25) is 0 Å². The first-order valence-corrected chi connectivity index (χ1v) is 12.3. The second-order valence-electron chi connectivity index (χ2n) is 9.71. The zero-order chi connectivity index (χ0) is 22.6. The van der Waals surface area contributed by atoms with E-state index >= 15 is 0 Å². The van der Waals surface area contributed by atoms with Crippen molar-refractivity contribution in [2.75, 3.05) is 11.4 Å². The van der Waals surface area contributed by atoms with E-state index in [1.54, 1.807) is 0 Å². The number of anilines is 1. The van der Waals surface area contributed by atoms with Gasteiger partial charge in [0.2, 0.25) is 0 Å². The van der Waals surface area contributed by atoms with E-state index in [9.17, 15) is 0 Å². The molecule has 0 saturated heterocycles. The number of para-hydroxylation sites is 2. The van der Waals surface area contributed by atoms with E-state index in [1.807, 2.05) is 0 Å². The largest absolute Gasteiger partial charge is 0.362 e. The molecule has 166 valence electrons. The maximum atomic E-state index is 2.70. The topological polar surface area (TPSA) is 8.17 Å². The number of aromatic nitrogens is 1. The third-order valence-corrected chi connectivity index (χ3v) is 8.10. The summed E-state index contributed by atoms with van der Waals surface area (Å²) < 4.78 is 2.48. The lowest BCUT2D eigenvalue weighted by Crippen LogP contribution is -2.45. The summed E-state index contributed by atoms with van der Waals surface area (Å²) in [5.41, 5.74) is 10.0. The number of benzene rings is 4. The van der Waals surface area contributed by atoms with Crippen LogP contribution in [0, 0.1) is 0 Å². The van der Waals surface area contributed by atoms with Gasteiger partial charge in [-0.25, -0.2) is 0 Å². The Balaban J connectivity index is 1.56. The molecule has 0 amide bonds. The standard InChI is InChI=1S/C32H28N2/c1-33-27-18-10-8-16-24(27)25-20-21-34-28-19-11-9-17-26(28)29(22-12-4-2-5-13-22)30(32(34)31(25)33)23-14-6-3-7-15-23/h2-19,29-30,32H,20-21H2,1H3/t29-,30+,32+/m1/s1. The van der Waals surface area contributed by atoms with Gasteiger partial charge >= 0.3 is 0 Å². The molecule has 0 bridgehead atoms. The van der Waals surface area contributed by atoms with Gasteiger partial charge in [-0.2, -0.15) is 0 Å². The smallest absolute Gasteiger partial charge is 0.0774 e. The Bertz CT molecular complexity index is 1480. The molecule has 4 aromatic carbocycles. The van der Waals surface area contributed by atoms with E-state index in [0.717, 1.165) is 13.0 Å². The minimum Gasteiger partial charge on any atom is -0.362 e. The van der Waals surface area contributed by atoms with Crippen LogP contribution in [0.15, 0.2) is 109 Å². The molecule has 2 nitrogen and oxygen atoms in total. The number of nitrogens with zero attached hydrogens (tertiary/aromatic N) is 2. The van der Waals surface area contributed by atoms with E-state index in [4.69, 9.17) is 0 Å². The lowest BCUT2D eigenvalue weighted by atomic mass is 9.67. The van der Waals surface area contributed by atoms with Crippen LogP contribution in [-0.4, -0.2) is 11.1 Å². The molecule has 34 heavy (non-hydrogen) atoms. The lowest BCUT2D eigenvalue weighted by Gasteiger charge is -2.50. The zero-order valence-corrected chi connectivity index (χ0v) is 19.4. The monoisotopic (exact) mass is 440 g/mol. The molecule has 2 aliphatic rings. The van der Waals surface area contributed by atoms with Gasteiger partial charge in [-0.05, 0) is 40.8 Å². The van der Waals surface area contributed by atoms with Crippen molar-refractivity contribution < 1.29 is 0 Å². The molecule has 3 atom stereocenters. The molecule has 0 unspecified atom stereocenters. The van der Waals surface area contributed by atoms with Crippen LogP contribution in [0.2, 0.25) is 0 Å². The predicted molar refractivity (Wildman–Crippen MR) is 141 cm³/mol. The lowest BCUT2D eigenvalue weighted by molar-refractivity contribution is 0.411. The van der Waals surface area contributed by atoms with E-state index in [-0.39, 0.29) is 6.04 Å². The van der Waals surface area contributed by atoms with Gasteiger partial charge in [0.25, 0.3) is 0 Å². The summed E-state index contributed by atoms with van der Waals surface area (Å²) in [5.74, 6) is 0.616. The van der Waals surface area contributed by atoms with Crippen molar-refractivity contribution in [2.45, 2.75) is 24.3 Å². The minimum absolute atomic E-state index is 0.281. The molecule has 1 aromatic heterocycles. The summed E-state index contributed by atoms with van der Waals surface area (Å²) in [6.07, 6.45) is 1.08. The highest BCUT2D eigenvalue weighted by molar-refractivity contribution is 5.87. The molecule has 3 heterocycles. The molecule has 5 aromatic rings. The molecule has 0 saturated carbocycles. The van der Waals surface area contributed by atoms with Gasteiger partial charge < -0.3 is 9.47 Å². The fourth-order valence-corrected chi connectivity index (χ4v) is 6.77. The highest BCUT2D eigenvalue weighted by Gasteiger charge is 2.46. The third-order valence-electron chi connectivity index (χ3n) is 8.10. The molecular weight excluding hydrogens is 412 g/mol. The average molecular weight is 441 g/mol. The molecule has 0 spiro atoms. The Morgan fingerprint density at radius 2 is 1.32 bits per heavy atom. The summed E-state index contributed by atoms with van der Waals surface area (Å²) in [6.45, 7) is 1.05. The number of hydrogen-bond donors (Lipinski definition) is 0. The first-order valence-electron chi connectivity index (χ1n) is 12.3. The van der Waals surface area contributed by atoms with Crippen molar-refractivity contribution in [3.63, 3.8) is 0 Å². The van der Waals surface area contributed by atoms with Crippen LogP contribution in [0.4, 0.5) is 5.69 Å². The first-order chi connectivity index (χ1) is 16.8. The first kappa shape index (κ1) is 19.7. The molecule has 0 aliphatic carbocycles. The zero-order valence-electron chi connectivity index (χ0n) is 19.4. The second-order valence-corrected chi connectivity index (χ2v) is 9.71. The van der Waals surface area contributed by atoms with Gasteiger partial charge in [-0.15, -0.1) is 0 Å². The number of aryl methyl sites for hydroxylation is 1. The molecule has 2 aliphatic heterocycles. The maximum Gasteiger partial charge on any atom is 0.0774 e. The van der Waals surface area contributed by atoms with Gasteiger partial charge in [0.1, 0.15) is 0 Å². The Morgan fingerprint density at radius 1 is 0.676 bits per heavy atom. The molecule has 0 radical (unpaired) electrons. The molecule has 0 fully saturated rings. The number of hydrogen-bond acceptors (Lipinski definition) is 1. The number of fused-ring (bicyclic) bond motifs is 7. The van der Waals surface area contributed by atoms with E-state index in [1.165, 1.54) is 44.5 Å². The summed E-state index contributed by atoms with van der Waals surface area (Å²) in [6, 6.07) is 40.7. The van der Waals surface area contributed by atoms with Crippen molar-refractivity contribution >= 4 is 16.6 Å². The normalized spacial score (nSPS) is 21.1. The quantitative estimate of drug-likeness (QED) is 0.281. The third kappa shape index (κ3) is 2.75. The summed E-state index contributed by atoms with van der Waals surface area (Å²) in [7, 11) is 2.27. The molecule has 7 rings (SSSR count). The van der Waals surface area contributed by atoms with E-state index < -0.39 is 0 Å². The summed E-state index contributed by atoms with van der Waals surface area (Å²) in [5, 5.41) is 1.42. The van der Waals surface area contributed by atoms with E-state index in [0.29, 0.717) is 11.8 Å². The Kier molecular flexibility index (Phi) is 4.41. The average Bonchev–Trinajstić information content (AvgIpc) is 3.21. The van der Waals surface area contributed by atoms with Crippen LogP contribution in [0.3, 0.4) is 0 Å². The van der Waals surface area contributed by atoms with Gasteiger partial charge in [0.05, 0.1) is 6.04 Å². The minimum atomic E-state index is 0.281. The van der Waals surface area contributed by atoms with E-state index in [2.05, 4.69) is 126 Å². The van der Waals surface area contributed by atoms with Gasteiger partial charge in [-0.1, -0.05) is 97.1 Å². The van der Waals surface area contributed by atoms with Crippen LogP contribution in [0.1, 0.15) is 45.8 Å². The van der Waals surface area contributed by atoms with Crippen molar-refractivity contribution in [3.8, 4) is 0 Å².